The Bertz CT molecular complexity index is 644. The van der Waals surface area contributed by atoms with Crippen molar-refractivity contribution in [1.82, 2.24) is 9.38 Å². The fourth-order valence-corrected chi connectivity index (χ4v) is 1.61. The minimum absolute atomic E-state index is 0.0344. The van der Waals surface area contributed by atoms with Gasteiger partial charge in [-0.05, 0) is 18.1 Å². The summed E-state index contributed by atoms with van der Waals surface area (Å²) in [7, 11) is 0. The molecule has 88 valence electrons. The molecule has 0 saturated carbocycles. The lowest BCUT2D eigenvalue weighted by Gasteiger charge is -2.08. The fraction of sp³-hybridized carbons (Fsp3) is 0.250. The van der Waals surface area contributed by atoms with E-state index >= 15 is 0 Å². The van der Waals surface area contributed by atoms with E-state index in [2.05, 4.69) is 4.98 Å². The van der Waals surface area contributed by atoms with Gasteiger partial charge in [0.2, 0.25) is 0 Å². The molecule has 1 N–H and O–H groups in total. The second-order valence-corrected chi connectivity index (χ2v) is 4.09. The van der Waals surface area contributed by atoms with Gasteiger partial charge in [0.15, 0.2) is 5.65 Å². The molecular weight excluding hydrogens is 220 g/mol. The van der Waals surface area contributed by atoms with Gasteiger partial charge in [0.05, 0.1) is 5.69 Å². The van der Waals surface area contributed by atoms with E-state index in [0.29, 0.717) is 5.69 Å². The van der Waals surface area contributed by atoms with Gasteiger partial charge < -0.3 is 5.11 Å². The van der Waals surface area contributed by atoms with Gasteiger partial charge in [0, 0.05) is 12.3 Å². The lowest BCUT2D eigenvalue weighted by Crippen LogP contribution is -2.18. The van der Waals surface area contributed by atoms with Crippen molar-refractivity contribution >= 4 is 11.6 Å². The minimum atomic E-state index is -1.09. The van der Waals surface area contributed by atoms with Crippen LogP contribution in [-0.2, 0) is 0 Å². The highest BCUT2D eigenvalue weighted by Gasteiger charge is 2.12. The Labute approximate surface area is 97.4 Å². The van der Waals surface area contributed by atoms with E-state index in [-0.39, 0.29) is 22.7 Å². The molecule has 17 heavy (non-hydrogen) atoms. The van der Waals surface area contributed by atoms with Gasteiger partial charge in [0.1, 0.15) is 5.56 Å². The van der Waals surface area contributed by atoms with Crippen molar-refractivity contribution in [1.29, 1.82) is 0 Å². The van der Waals surface area contributed by atoms with Gasteiger partial charge in [-0.15, -0.1) is 0 Å². The molecule has 0 unspecified atom stereocenters. The van der Waals surface area contributed by atoms with Gasteiger partial charge >= 0.3 is 5.97 Å². The highest BCUT2D eigenvalue weighted by atomic mass is 16.4. The molecule has 5 nitrogen and oxygen atoms in total. The average molecular weight is 232 g/mol. The van der Waals surface area contributed by atoms with E-state index in [0.717, 1.165) is 0 Å². The van der Waals surface area contributed by atoms with Gasteiger partial charge in [-0.25, -0.2) is 9.78 Å². The van der Waals surface area contributed by atoms with Crippen molar-refractivity contribution in [2.75, 3.05) is 0 Å². The van der Waals surface area contributed by atoms with Crippen LogP contribution in [0.5, 0.6) is 0 Å². The molecule has 2 aromatic heterocycles. The Morgan fingerprint density at radius 3 is 2.76 bits per heavy atom. The van der Waals surface area contributed by atoms with Crippen molar-refractivity contribution < 1.29 is 9.90 Å². The first-order valence-electron chi connectivity index (χ1n) is 5.26. The minimum Gasteiger partial charge on any atom is -0.478 e. The predicted molar refractivity (Wildman–Crippen MR) is 62.5 cm³/mol. The Balaban J connectivity index is 2.88. The van der Waals surface area contributed by atoms with Crippen molar-refractivity contribution in [2.45, 2.75) is 19.8 Å². The summed E-state index contributed by atoms with van der Waals surface area (Å²) in [5.41, 5.74) is 0.564. The number of nitrogens with zero attached hydrogens (tertiary/aromatic N) is 2. The fourth-order valence-electron chi connectivity index (χ4n) is 1.61. The molecule has 0 spiro atoms. The van der Waals surface area contributed by atoms with Crippen LogP contribution in [0.4, 0.5) is 0 Å². The summed E-state index contributed by atoms with van der Waals surface area (Å²) in [5, 5.41) is 9.05. The van der Waals surface area contributed by atoms with Gasteiger partial charge in [-0.2, -0.15) is 0 Å². The maximum absolute atomic E-state index is 11.8. The molecule has 2 rings (SSSR count). The summed E-state index contributed by atoms with van der Waals surface area (Å²) in [5.74, 6) is -1.01. The summed E-state index contributed by atoms with van der Waals surface area (Å²) in [6.45, 7) is 3.81. The monoisotopic (exact) mass is 232 g/mol. The number of fused-ring (bicyclic) bond motifs is 1. The number of hydrogen-bond donors (Lipinski definition) is 1. The number of aromatic nitrogens is 2. The Hall–Kier alpha value is -2.17. The number of hydrogen-bond acceptors (Lipinski definition) is 3. The molecule has 0 aliphatic heterocycles. The summed E-state index contributed by atoms with van der Waals surface area (Å²) in [6.07, 6.45) is 1.52. The molecule has 0 aliphatic carbocycles. The Morgan fingerprint density at radius 1 is 1.47 bits per heavy atom. The molecular formula is C12H12N2O3. The number of rotatable bonds is 2. The molecule has 0 fully saturated rings. The third-order valence-electron chi connectivity index (χ3n) is 2.53. The molecule has 0 atom stereocenters. The smallest absolute Gasteiger partial charge is 0.339 e. The third kappa shape index (κ3) is 1.91. The molecule has 0 saturated heterocycles. The molecule has 0 aromatic carbocycles. The van der Waals surface area contributed by atoms with Crippen LogP contribution in [0.2, 0.25) is 0 Å². The van der Waals surface area contributed by atoms with Crippen molar-refractivity contribution in [3.05, 3.63) is 46.0 Å². The molecule has 2 aromatic rings. The number of carboxylic acids is 1. The second-order valence-electron chi connectivity index (χ2n) is 4.09. The number of carbonyl (C=O) groups is 1. The molecule has 0 bridgehead atoms. The summed E-state index contributed by atoms with van der Waals surface area (Å²) in [6, 6.07) is 4.39. The second kappa shape index (κ2) is 4.01. The van der Waals surface area contributed by atoms with Crippen LogP contribution in [0, 0.1) is 0 Å². The summed E-state index contributed by atoms with van der Waals surface area (Å²) in [4.78, 5) is 27.1. The van der Waals surface area contributed by atoms with Crippen LogP contribution >= 0.6 is 0 Å². The predicted octanol–water partition coefficient (Wildman–Crippen LogP) is 1.52. The van der Waals surface area contributed by atoms with E-state index in [1.54, 1.807) is 0 Å². The first-order chi connectivity index (χ1) is 8.00. The first kappa shape index (κ1) is 11.3. The van der Waals surface area contributed by atoms with Crippen LogP contribution in [-0.4, -0.2) is 20.5 Å². The topological polar surface area (TPSA) is 71.7 Å². The average Bonchev–Trinajstić information content (AvgIpc) is 2.27. The molecule has 0 amide bonds. The molecule has 2 heterocycles. The van der Waals surface area contributed by atoms with Crippen LogP contribution in [0.3, 0.4) is 0 Å². The Kier molecular flexibility index (Phi) is 2.67. The first-order valence-corrected chi connectivity index (χ1v) is 5.26. The highest BCUT2D eigenvalue weighted by Crippen LogP contribution is 2.13. The van der Waals surface area contributed by atoms with E-state index < -0.39 is 5.97 Å². The van der Waals surface area contributed by atoms with Gasteiger partial charge in [0.25, 0.3) is 5.56 Å². The van der Waals surface area contributed by atoms with E-state index in [1.807, 2.05) is 13.8 Å². The lowest BCUT2D eigenvalue weighted by molar-refractivity contribution is 0.0698. The van der Waals surface area contributed by atoms with Gasteiger partial charge in [-0.3, -0.25) is 9.20 Å². The Morgan fingerprint density at radius 2 is 2.18 bits per heavy atom. The van der Waals surface area contributed by atoms with Crippen LogP contribution < -0.4 is 5.56 Å². The highest BCUT2D eigenvalue weighted by molar-refractivity contribution is 5.94. The molecule has 0 radical (unpaired) electrons. The zero-order valence-electron chi connectivity index (χ0n) is 9.54. The normalized spacial score (nSPS) is 11.0. The number of pyridine rings is 1. The van der Waals surface area contributed by atoms with E-state index in [4.69, 9.17) is 5.11 Å². The zero-order chi connectivity index (χ0) is 12.6. The number of aromatic carboxylic acids is 1. The summed E-state index contributed by atoms with van der Waals surface area (Å²) < 4.78 is 1.25. The van der Waals surface area contributed by atoms with Crippen molar-refractivity contribution in [3.63, 3.8) is 0 Å². The molecule has 0 aliphatic rings. The summed E-state index contributed by atoms with van der Waals surface area (Å²) >= 11 is 0. The van der Waals surface area contributed by atoms with Crippen LogP contribution in [0.15, 0.2) is 29.2 Å². The molecule has 5 heteroatoms. The van der Waals surface area contributed by atoms with E-state index in [1.165, 1.54) is 28.8 Å². The standard InChI is InChI=1S/C12H12N2O3/c1-7(2)9-6-10(15)14-5-3-4-8(12(16)17)11(14)13-9/h3-7H,1-2H3,(H,16,17). The van der Waals surface area contributed by atoms with Crippen LogP contribution in [0.25, 0.3) is 5.65 Å². The van der Waals surface area contributed by atoms with Crippen molar-refractivity contribution in [3.8, 4) is 0 Å². The number of carboxylic acid groups (broad SMARTS) is 1. The van der Waals surface area contributed by atoms with Crippen molar-refractivity contribution in [2.24, 2.45) is 0 Å². The maximum Gasteiger partial charge on any atom is 0.339 e. The van der Waals surface area contributed by atoms with E-state index in [9.17, 15) is 9.59 Å². The van der Waals surface area contributed by atoms with Crippen LogP contribution in [0.1, 0.15) is 35.8 Å². The van der Waals surface area contributed by atoms with Gasteiger partial charge in [-0.1, -0.05) is 13.8 Å². The maximum atomic E-state index is 11.8. The quantitative estimate of drug-likeness (QED) is 0.852. The zero-order valence-corrected chi connectivity index (χ0v) is 9.54. The SMILES string of the molecule is CC(C)c1cc(=O)n2cccc(C(=O)O)c2n1. The largest absolute Gasteiger partial charge is 0.478 e. The lowest BCUT2D eigenvalue weighted by atomic mass is 10.1. The third-order valence-corrected chi connectivity index (χ3v) is 2.53.